The molecule has 7 rings (SSSR count). The summed E-state index contributed by atoms with van der Waals surface area (Å²) >= 11 is 0. The largest absolute Gasteiger partial charge is 0.456 e. The summed E-state index contributed by atoms with van der Waals surface area (Å²) < 4.78 is 23.3. The number of carbonyl (C=O) groups excluding carboxylic acids is 2. The third kappa shape index (κ3) is 6.48. The molecule has 6 heteroatoms. The van der Waals surface area contributed by atoms with Crippen molar-refractivity contribution in [1.82, 2.24) is 0 Å². The molecule has 0 aromatic heterocycles. The number of benzene rings is 6. The molecule has 0 unspecified atom stereocenters. The maximum absolute atomic E-state index is 11.6. The van der Waals surface area contributed by atoms with E-state index in [9.17, 15) is 9.59 Å². The van der Waals surface area contributed by atoms with Crippen molar-refractivity contribution in [2.24, 2.45) is 0 Å². The number of fused-ring (bicyclic) bond motifs is 7. The van der Waals surface area contributed by atoms with E-state index in [-0.39, 0.29) is 6.79 Å². The predicted molar refractivity (Wildman–Crippen MR) is 195 cm³/mol. The average molecular weight is 643 g/mol. The number of ether oxygens (including phenoxy) is 4. The van der Waals surface area contributed by atoms with Gasteiger partial charge in [-0.1, -0.05) is 110 Å². The Morgan fingerprint density at radius 3 is 1.37 bits per heavy atom. The number of hydrogen-bond donors (Lipinski definition) is 0. The van der Waals surface area contributed by atoms with Gasteiger partial charge in [0.15, 0.2) is 0 Å². The second kappa shape index (κ2) is 13.6. The number of rotatable bonds is 8. The minimum Gasteiger partial charge on any atom is -0.456 e. The van der Waals surface area contributed by atoms with Gasteiger partial charge >= 0.3 is 11.9 Å². The van der Waals surface area contributed by atoms with Gasteiger partial charge in [-0.3, -0.25) is 0 Å². The Morgan fingerprint density at radius 1 is 0.551 bits per heavy atom. The van der Waals surface area contributed by atoms with Gasteiger partial charge in [0.05, 0.1) is 0 Å². The molecule has 0 aliphatic carbocycles. The molecule has 0 amide bonds. The molecule has 6 aromatic carbocycles. The quantitative estimate of drug-likeness (QED) is 0.0712. The predicted octanol–water partition coefficient (Wildman–Crippen LogP) is 9.91. The van der Waals surface area contributed by atoms with E-state index in [4.69, 9.17) is 18.9 Å². The van der Waals surface area contributed by atoms with Crippen LogP contribution < -0.4 is 18.9 Å². The molecule has 1 aliphatic rings. The van der Waals surface area contributed by atoms with Gasteiger partial charge in [0, 0.05) is 34.4 Å². The first-order valence-electron chi connectivity index (χ1n) is 15.6. The highest BCUT2D eigenvalue weighted by Crippen LogP contribution is 2.50. The number of hydrogen-bond acceptors (Lipinski definition) is 6. The normalized spacial score (nSPS) is 12.1. The molecule has 1 aliphatic heterocycles. The Bertz CT molecular complexity index is 2150. The third-order valence-corrected chi connectivity index (χ3v) is 8.16. The second-order valence-corrected chi connectivity index (χ2v) is 11.2. The lowest BCUT2D eigenvalue weighted by molar-refractivity contribution is -0.129. The molecule has 0 saturated carbocycles. The zero-order valence-corrected chi connectivity index (χ0v) is 26.4. The lowest BCUT2D eigenvalue weighted by atomic mass is 9.88. The van der Waals surface area contributed by atoms with Crippen LogP contribution in [0.15, 0.2) is 135 Å². The zero-order valence-electron chi connectivity index (χ0n) is 26.4. The topological polar surface area (TPSA) is 71.1 Å². The molecular weight excluding hydrogens is 612 g/mol. The van der Waals surface area contributed by atoms with E-state index in [1.807, 2.05) is 72.8 Å². The van der Waals surface area contributed by atoms with Gasteiger partial charge in [-0.05, 0) is 69.1 Å². The SMILES string of the molecule is C=CC(=O)Oc1ccc(/C=C/c2cc3ccccc3c3c2OCOc2c(/C=C/c4ccc(OC(=O)C=C)cc4)cc4ccccc4c2-3)cc1. The van der Waals surface area contributed by atoms with Gasteiger partial charge in [0.1, 0.15) is 23.0 Å². The van der Waals surface area contributed by atoms with Crippen molar-refractivity contribution in [2.45, 2.75) is 0 Å². The average Bonchev–Trinajstić information content (AvgIpc) is 3.35. The highest BCUT2D eigenvalue weighted by molar-refractivity contribution is 6.12. The first-order valence-corrected chi connectivity index (χ1v) is 15.6. The monoisotopic (exact) mass is 642 g/mol. The summed E-state index contributed by atoms with van der Waals surface area (Å²) in [6.45, 7) is 6.91. The standard InChI is InChI=1S/C43H30O6/c1-3-38(44)48-34-21-15-28(16-22-34)13-19-32-25-30-9-5-7-11-36(30)40-41-37-12-8-6-10-31(37)26-33(43(41)47-27-46-42(32)40)20-14-29-17-23-35(24-18-29)49-39(45)4-2/h3-26H,1-2,27H2/b19-13+,20-14+. The number of carbonyl (C=O) groups is 2. The molecular formula is C43H30O6. The molecule has 0 fully saturated rings. The van der Waals surface area contributed by atoms with Crippen LogP contribution in [-0.2, 0) is 9.59 Å². The van der Waals surface area contributed by atoms with E-state index in [0.717, 1.165) is 78.6 Å². The van der Waals surface area contributed by atoms with Crippen molar-refractivity contribution in [3.8, 4) is 34.1 Å². The van der Waals surface area contributed by atoms with Crippen LogP contribution in [0, 0.1) is 0 Å². The molecule has 238 valence electrons. The van der Waals surface area contributed by atoms with Crippen molar-refractivity contribution in [1.29, 1.82) is 0 Å². The van der Waals surface area contributed by atoms with Crippen molar-refractivity contribution in [3.05, 3.63) is 157 Å². The van der Waals surface area contributed by atoms with Gasteiger partial charge in [-0.25, -0.2) is 9.59 Å². The zero-order chi connectivity index (χ0) is 33.7. The summed E-state index contributed by atoms with van der Waals surface area (Å²) in [7, 11) is 0. The Labute approximate surface area is 283 Å². The lowest BCUT2D eigenvalue weighted by Crippen LogP contribution is -2.05. The Hall–Kier alpha value is -6.66. The van der Waals surface area contributed by atoms with Gasteiger partial charge in [-0.2, -0.15) is 0 Å². The molecule has 6 aromatic rings. The van der Waals surface area contributed by atoms with E-state index >= 15 is 0 Å². The minimum atomic E-state index is -0.504. The van der Waals surface area contributed by atoms with Crippen molar-refractivity contribution < 1.29 is 28.5 Å². The van der Waals surface area contributed by atoms with Crippen LogP contribution in [0.4, 0.5) is 0 Å². The summed E-state index contributed by atoms with van der Waals surface area (Å²) in [5.41, 5.74) is 5.56. The van der Waals surface area contributed by atoms with Gasteiger partial charge < -0.3 is 18.9 Å². The van der Waals surface area contributed by atoms with Crippen LogP contribution in [0.3, 0.4) is 0 Å². The molecule has 0 bridgehead atoms. The smallest absolute Gasteiger partial charge is 0.335 e. The maximum Gasteiger partial charge on any atom is 0.335 e. The summed E-state index contributed by atoms with van der Waals surface area (Å²) in [5.74, 6) is 1.33. The molecule has 0 radical (unpaired) electrons. The van der Waals surface area contributed by atoms with Gasteiger partial charge in [-0.15, -0.1) is 0 Å². The van der Waals surface area contributed by atoms with Crippen LogP contribution >= 0.6 is 0 Å². The first-order chi connectivity index (χ1) is 24.0. The summed E-state index contributed by atoms with van der Waals surface area (Å²) in [5, 5.41) is 4.22. The van der Waals surface area contributed by atoms with Crippen LogP contribution in [-0.4, -0.2) is 18.7 Å². The fourth-order valence-corrected chi connectivity index (χ4v) is 5.88. The van der Waals surface area contributed by atoms with Crippen molar-refractivity contribution in [2.75, 3.05) is 6.79 Å². The summed E-state index contributed by atoms with van der Waals surface area (Å²) in [4.78, 5) is 23.2. The van der Waals surface area contributed by atoms with Crippen molar-refractivity contribution in [3.63, 3.8) is 0 Å². The fourth-order valence-electron chi connectivity index (χ4n) is 5.88. The van der Waals surface area contributed by atoms with Gasteiger partial charge in [0.2, 0.25) is 6.79 Å². The molecule has 0 atom stereocenters. The Kier molecular flexibility index (Phi) is 8.59. The first kappa shape index (κ1) is 31.0. The second-order valence-electron chi connectivity index (χ2n) is 11.2. The van der Waals surface area contributed by atoms with Crippen LogP contribution in [0.1, 0.15) is 22.3 Å². The molecule has 49 heavy (non-hydrogen) atoms. The molecule has 0 saturated heterocycles. The molecule has 1 heterocycles. The van der Waals surface area contributed by atoms with E-state index < -0.39 is 11.9 Å². The Balaban J connectivity index is 1.34. The molecule has 6 nitrogen and oxygen atoms in total. The van der Waals surface area contributed by atoms with Gasteiger partial charge in [0.25, 0.3) is 0 Å². The van der Waals surface area contributed by atoms with E-state index in [2.05, 4.69) is 49.6 Å². The van der Waals surface area contributed by atoms with Crippen molar-refractivity contribution >= 4 is 57.8 Å². The highest BCUT2D eigenvalue weighted by atomic mass is 16.7. The number of esters is 2. The van der Waals surface area contributed by atoms with Crippen LogP contribution in [0.2, 0.25) is 0 Å². The lowest BCUT2D eigenvalue weighted by Gasteiger charge is -2.17. The molecule has 0 spiro atoms. The van der Waals surface area contributed by atoms with E-state index in [1.165, 1.54) is 0 Å². The molecule has 0 N–H and O–H groups in total. The summed E-state index contributed by atoms with van der Waals surface area (Å²) in [6, 6.07) is 35.3. The highest BCUT2D eigenvalue weighted by Gasteiger charge is 2.26. The van der Waals surface area contributed by atoms with E-state index in [1.54, 1.807) is 24.3 Å². The Morgan fingerprint density at radius 2 is 0.959 bits per heavy atom. The third-order valence-electron chi connectivity index (χ3n) is 8.16. The van der Waals surface area contributed by atoms with Crippen LogP contribution in [0.25, 0.3) is 57.0 Å². The maximum atomic E-state index is 11.6. The van der Waals surface area contributed by atoms with E-state index in [0.29, 0.717) is 11.5 Å². The fraction of sp³-hybridized carbons (Fsp3) is 0.0233. The minimum absolute atomic E-state index is 0.0189. The summed E-state index contributed by atoms with van der Waals surface area (Å²) in [6.07, 6.45) is 10.3. The van der Waals surface area contributed by atoms with Crippen LogP contribution in [0.5, 0.6) is 23.0 Å².